The van der Waals surface area contributed by atoms with Crippen LogP contribution in [0.1, 0.15) is 12.8 Å². The van der Waals surface area contributed by atoms with Crippen LogP contribution in [0.25, 0.3) is 0 Å². The number of nitrogens with one attached hydrogen (secondary N) is 1. The first-order chi connectivity index (χ1) is 9.00. The van der Waals surface area contributed by atoms with Crippen molar-refractivity contribution >= 4 is 15.7 Å². The molecule has 1 fully saturated rings. The van der Waals surface area contributed by atoms with E-state index in [1.54, 1.807) is 0 Å². The molecule has 0 radical (unpaired) electrons. The number of para-hydroxylation sites is 1. The molecular formula is C11H14N2O5S. The molecule has 1 N–H and O–H groups in total. The number of rotatable bonds is 4. The highest BCUT2D eigenvalue weighted by molar-refractivity contribution is 7.89. The highest BCUT2D eigenvalue weighted by Crippen LogP contribution is 2.23. The molecule has 0 spiro atoms. The van der Waals surface area contributed by atoms with Gasteiger partial charge in [0.25, 0.3) is 5.69 Å². The topological polar surface area (TPSA) is 98.5 Å². The standard InChI is InChI=1S/C11H14N2O5S/c14-13(15)10-3-1-2-4-11(10)19(16,17)12-9-5-7-18-8-6-9/h1-4,9,12H,5-8H2. The normalized spacial score (nSPS) is 17.3. The van der Waals surface area contributed by atoms with Gasteiger partial charge in [-0.15, -0.1) is 0 Å². The molecule has 1 heterocycles. The lowest BCUT2D eigenvalue weighted by molar-refractivity contribution is -0.387. The fourth-order valence-electron chi connectivity index (χ4n) is 1.93. The third kappa shape index (κ3) is 3.28. The van der Waals surface area contributed by atoms with Crippen molar-refractivity contribution in [2.45, 2.75) is 23.8 Å². The van der Waals surface area contributed by atoms with Crippen LogP contribution in [0.3, 0.4) is 0 Å². The second-order valence-corrected chi connectivity index (χ2v) is 5.92. The summed E-state index contributed by atoms with van der Waals surface area (Å²) in [6, 6.07) is 5.08. The zero-order chi connectivity index (χ0) is 13.9. The van der Waals surface area contributed by atoms with Crippen LogP contribution in [0.5, 0.6) is 0 Å². The minimum atomic E-state index is -3.88. The monoisotopic (exact) mass is 286 g/mol. The van der Waals surface area contributed by atoms with Crippen molar-refractivity contribution in [2.75, 3.05) is 13.2 Å². The van der Waals surface area contributed by atoms with Gasteiger partial charge in [0.1, 0.15) is 0 Å². The van der Waals surface area contributed by atoms with E-state index in [9.17, 15) is 18.5 Å². The third-order valence-electron chi connectivity index (χ3n) is 2.89. The van der Waals surface area contributed by atoms with Crippen LogP contribution in [0.15, 0.2) is 29.2 Å². The molecule has 1 aliphatic rings. The molecule has 104 valence electrons. The van der Waals surface area contributed by atoms with Crippen LogP contribution in [-0.4, -0.2) is 32.6 Å². The van der Waals surface area contributed by atoms with Crippen molar-refractivity contribution < 1.29 is 18.1 Å². The van der Waals surface area contributed by atoms with E-state index < -0.39 is 20.6 Å². The number of nitrogens with zero attached hydrogens (tertiary/aromatic N) is 1. The molecule has 0 aromatic heterocycles. The summed E-state index contributed by atoms with van der Waals surface area (Å²) in [5.74, 6) is 0. The van der Waals surface area contributed by atoms with E-state index in [0.717, 1.165) is 0 Å². The van der Waals surface area contributed by atoms with Crippen molar-refractivity contribution in [3.8, 4) is 0 Å². The average molecular weight is 286 g/mol. The zero-order valence-electron chi connectivity index (χ0n) is 10.1. The molecule has 1 aliphatic heterocycles. The molecule has 1 saturated heterocycles. The Bertz CT molecular complexity index is 566. The van der Waals surface area contributed by atoms with E-state index in [2.05, 4.69) is 4.72 Å². The van der Waals surface area contributed by atoms with Crippen molar-refractivity contribution in [2.24, 2.45) is 0 Å². The van der Waals surface area contributed by atoms with Gasteiger partial charge in [0.05, 0.1) is 4.92 Å². The Balaban J connectivity index is 2.26. The Labute approximate surface area is 110 Å². The molecule has 1 aromatic rings. The first-order valence-corrected chi connectivity index (χ1v) is 7.32. The maximum atomic E-state index is 12.2. The Hall–Kier alpha value is -1.51. The van der Waals surface area contributed by atoms with Crippen LogP contribution in [0.4, 0.5) is 5.69 Å². The van der Waals surface area contributed by atoms with Crippen LogP contribution < -0.4 is 4.72 Å². The minimum absolute atomic E-state index is 0.237. The van der Waals surface area contributed by atoms with Gasteiger partial charge < -0.3 is 4.74 Å². The maximum Gasteiger partial charge on any atom is 0.289 e. The SMILES string of the molecule is O=[N+]([O-])c1ccccc1S(=O)(=O)NC1CCOCC1. The molecule has 1 aromatic carbocycles. The van der Waals surface area contributed by atoms with Gasteiger partial charge in [0.2, 0.25) is 10.0 Å². The number of sulfonamides is 1. The van der Waals surface area contributed by atoms with E-state index in [1.165, 1.54) is 24.3 Å². The lowest BCUT2D eigenvalue weighted by Gasteiger charge is -2.22. The van der Waals surface area contributed by atoms with Gasteiger partial charge in [-0.25, -0.2) is 13.1 Å². The largest absolute Gasteiger partial charge is 0.381 e. The lowest BCUT2D eigenvalue weighted by atomic mass is 10.1. The number of nitro benzene ring substituents is 1. The molecule has 0 bridgehead atoms. The second-order valence-electron chi connectivity index (χ2n) is 4.23. The average Bonchev–Trinajstić information content (AvgIpc) is 2.39. The van der Waals surface area contributed by atoms with Gasteiger partial charge in [0.15, 0.2) is 4.90 Å². The van der Waals surface area contributed by atoms with Gasteiger partial charge in [-0.2, -0.15) is 0 Å². The molecule has 0 unspecified atom stereocenters. The first kappa shape index (κ1) is 13.9. The van der Waals surface area contributed by atoms with Crippen molar-refractivity contribution in [3.63, 3.8) is 0 Å². The van der Waals surface area contributed by atoms with Gasteiger partial charge in [-0.05, 0) is 18.9 Å². The van der Waals surface area contributed by atoms with Crippen molar-refractivity contribution in [1.82, 2.24) is 4.72 Å². The zero-order valence-corrected chi connectivity index (χ0v) is 10.9. The number of hydrogen-bond acceptors (Lipinski definition) is 5. The summed E-state index contributed by atoms with van der Waals surface area (Å²) in [7, 11) is -3.88. The molecule has 0 saturated carbocycles. The summed E-state index contributed by atoms with van der Waals surface area (Å²) in [6.45, 7) is 0.980. The van der Waals surface area contributed by atoms with Gasteiger partial charge in [0, 0.05) is 25.3 Å². The quantitative estimate of drug-likeness (QED) is 0.659. The number of nitro groups is 1. The highest BCUT2D eigenvalue weighted by Gasteiger charge is 2.28. The lowest BCUT2D eigenvalue weighted by Crippen LogP contribution is -2.39. The smallest absolute Gasteiger partial charge is 0.289 e. The van der Waals surface area contributed by atoms with Crippen LogP contribution in [0, 0.1) is 10.1 Å². The fourth-order valence-corrected chi connectivity index (χ4v) is 3.41. The fraction of sp³-hybridized carbons (Fsp3) is 0.455. The van der Waals surface area contributed by atoms with E-state index in [1.807, 2.05) is 0 Å². The highest BCUT2D eigenvalue weighted by atomic mass is 32.2. The molecule has 0 atom stereocenters. The van der Waals surface area contributed by atoms with Crippen molar-refractivity contribution in [3.05, 3.63) is 34.4 Å². The molecular weight excluding hydrogens is 272 g/mol. The molecule has 2 rings (SSSR count). The van der Waals surface area contributed by atoms with Gasteiger partial charge in [-0.3, -0.25) is 10.1 Å². The Morgan fingerprint density at radius 3 is 2.53 bits per heavy atom. The molecule has 0 amide bonds. The van der Waals surface area contributed by atoms with E-state index in [0.29, 0.717) is 26.1 Å². The van der Waals surface area contributed by atoms with Crippen LogP contribution >= 0.6 is 0 Å². The number of ether oxygens (including phenoxy) is 1. The summed E-state index contributed by atoms with van der Waals surface area (Å²) in [4.78, 5) is 9.86. The minimum Gasteiger partial charge on any atom is -0.381 e. The molecule has 19 heavy (non-hydrogen) atoms. The van der Waals surface area contributed by atoms with Crippen LogP contribution in [-0.2, 0) is 14.8 Å². The van der Waals surface area contributed by atoms with E-state index in [-0.39, 0.29) is 10.9 Å². The summed E-state index contributed by atoms with van der Waals surface area (Å²) < 4.78 is 32.0. The second kappa shape index (κ2) is 5.64. The predicted molar refractivity (Wildman–Crippen MR) is 67.3 cm³/mol. The Morgan fingerprint density at radius 1 is 1.26 bits per heavy atom. The van der Waals surface area contributed by atoms with E-state index >= 15 is 0 Å². The third-order valence-corrected chi connectivity index (χ3v) is 4.46. The molecule has 7 nitrogen and oxygen atoms in total. The number of benzene rings is 1. The summed E-state index contributed by atoms with van der Waals surface area (Å²) in [6.07, 6.45) is 1.14. The Kier molecular flexibility index (Phi) is 4.13. The predicted octanol–water partition coefficient (Wildman–Crippen LogP) is 1.05. The van der Waals surface area contributed by atoms with Crippen molar-refractivity contribution in [1.29, 1.82) is 0 Å². The van der Waals surface area contributed by atoms with E-state index in [4.69, 9.17) is 4.74 Å². The maximum absolute atomic E-state index is 12.2. The molecule has 8 heteroatoms. The Morgan fingerprint density at radius 2 is 1.89 bits per heavy atom. The summed E-state index contributed by atoms with van der Waals surface area (Å²) >= 11 is 0. The summed E-state index contributed by atoms with van der Waals surface area (Å²) in [5.41, 5.74) is -0.415. The van der Waals surface area contributed by atoms with Crippen LogP contribution in [0.2, 0.25) is 0 Å². The molecule has 0 aliphatic carbocycles. The first-order valence-electron chi connectivity index (χ1n) is 5.84. The van der Waals surface area contributed by atoms with Gasteiger partial charge >= 0.3 is 0 Å². The summed E-state index contributed by atoms with van der Waals surface area (Å²) in [5, 5.41) is 10.9. The van der Waals surface area contributed by atoms with Gasteiger partial charge in [-0.1, -0.05) is 12.1 Å². The number of hydrogen-bond donors (Lipinski definition) is 1.